The molecule has 0 aromatic carbocycles. The molecule has 0 atom stereocenters. The number of methoxy groups -OCH3 is 1. The van der Waals surface area contributed by atoms with Crippen molar-refractivity contribution in [3.05, 3.63) is 28.9 Å². The molecule has 0 fully saturated rings. The lowest BCUT2D eigenvalue weighted by Crippen LogP contribution is -2.34. The van der Waals surface area contributed by atoms with Gasteiger partial charge in [0.2, 0.25) is 0 Å². The van der Waals surface area contributed by atoms with Gasteiger partial charge in [0.05, 0.1) is 24.7 Å². The second-order valence-electron chi connectivity index (χ2n) is 5.56. The number of aromatic nitrogens is 2. The minimum atomic E-state index is -2.86. The van der Waals surface area contributed by atoms with E-state index in [4.69, 9.17) is 0 Å². The Balaban J connectivity index is 3.19. The molecule has 116 valence electrons. The number of carbonyl (C=O) groups is 1. The van der Waals surface area contributed by atoms with Gasteiger partial charge in [-0.1, -0.05) is 19.4 Å². The molecular formula is C15H20F2N2O2. The van der Waals surface area contributed by atoms with Crippen molar-refractivity contribution in [2.24, 2.45) is 5.41 Å². The van der Waals surface area contributed by atoms with E-state index in [1.54, 1.807) is 19.9 Å². The van der Waals surface area contributed by atoms with E-state index in [9.17, 15) is 13.6 Å². The molecule has 0 saturated carbocycles. The van der Waals surface area contributed by atoms with Gasteiger partial charge in [-0.25, -0.2) is 18.6 Å². The van der Waals surface area contributed by atoms with Crippen LogP contribution in [0.5, 0.6) is 0 Å². The van der Waals surface area contributed by atoms with Crippen LogP contribution in [0.2, 0.25) is 0 Å². The maximum Gasteiger partial charge on any atom is 0.358 e. The third kappa shape index (κ3) is 3.62. The van der Waals surface area contributed by atoms with Crippen molar-refractivity contribution in [2.45, 2.75) is 40.5 Å². The third-order valence-corrected chi connectivity index (χ3v) is 3.82. The first-order valence-electron chi connectivity index (χ1n) is 6.49. The van der Waals surface area contributed by atoms with E-state index in [2.05, 4.69) is 14.7 Å². The minimum Gasteiger partial charge on any atom is -0.464 e. The van der Waals surface area contributed by atoms with Crippen molar-refractivity contribution in [1.82, 2.24) is 9.97 Å². The molecule has 0 aliphatic rings. The molecular weight excluding hydrogens is 278 g/mol. The molecule has 1 aromatic rings. The molecule has 1 aromatic heterocycles. The summed E-state index contributed by atoms with van der Waals surface area (Å²) in [4.78, 5) is 19.5. The molecule has 6 heteroatoms. The second kappa shape index (κ2) is 5.87. The Morgan fingerprint density at radius 3 is 2.33 bits per heavy atom. The molecule has 0 bridgehead atoms. The minimum absolute atomic E-state index is 0.0879. The zero-order valence-electron chi connectivity index (χ0n) is 13.1. The maximum atomic E-state index is 13.6. The molecule has 1 rings (SSSR count). The average Bonchev–Trinajstić information content (AvgIpc) is 2.38. The Hall–Kier alpha value is -1.85. The summed E-state index contributed by atoms with van der Waals surface area (Å²) in [5, 5.41) is 0. The lowest BCUT2D eigenvalue weighted by Gasteiger charge is -2.32. The van der Waals surface area contributed by atoms with Crippen molar-refractivity contribution in [3.8, 4) is 0 Å². The van der Waals surface area contributed by atoms with Crippen molar-refractivity contribution >= 4 is 12.0 Å². The largest absolute Gasteiger partial charge is 0.464 e. The number of hydrogen-bond acceptors (Lipinski definition) is 4. The van der Waals surface area contributed by atoms with Gasteiger partial charge in [0.1, 0.15) is 0 Å². The second-order valence-corrected chi connectivity index (χ2v) is 5.56. The molecule has 21 heavy (non-hydrogen) atoms. The molecule has 0 unspecified atom stereocenters. The first kappa shape index (κ1) is 17.2. The number of esters is 1. The van der Waals surface area contributed by atoms with Crippen LogP contribution in [0, 0.1) is 12.3 Å². The monoisotopic (exact) mass is 298 g/mol. The summed E-state index contributed by atoms with van der Waals surface area (Å²) in [5.74, 6) is -3.45. The van der Waals surface area contributed by atoms with Crippen LogP contribution in [-0.4, -0.2) is 29.0 Å². The SMILES string of the molecule is COC(=O)c1cnc(/C=C(\C)C(C)(C)C(C)(F)F)c(C)n1. The van der Waals surface area contributed by atoms with Gasteiger partial charge in [0.15, 0.2) is 5.69 Å². The van der Waals surface area contributed by atoms with Crippen molar-refractivity contribution in [1.29, 1.82) is 0 Å². The Labute approximate surface area is 123 Å². The smallest absolute Gasteiger partial charge is 0.358 e. The van der Waals surface area contributed by atoms with Crippen LogP contribution in [0.25, 0.3) is 6.08 Å². The van der Waals surface area contributed by atoms with Crippen molar-refractivity contribution in [3.63, 3.8) is 0 Å². The molecule has 0 radical (unpaired) electrons. The molecule has 0 aliphatic carbocycles. The highest BCUT2D eigenvalue weighted by Gasteiger charge is 2.43. The molecule has 0 N–H and O–H groups in total. The molecule has 0 aliphatic heterocycles. The van der Waals surface area contributed by atoms with Gasteiger partial charge in [-0.15, -0.1) is 0 Å². The van der Waals surface area contributed by atoms with E-state index in [1.807, 2.05) is 0 Å². The topological polar surface area (TPSA) is 52.1 Å². The van der Waals surface area contributed by atoms with Crippen molar-refractivity contribution in [2.75, 3.05) is 7.11 Å². The molecule has 4 nitrogen and oxygen atoms in total. The van der Waals surface area contributed by atoms with Crippen LogP contribution < -0.4 is 0 Å². The summed E-state index contributed by atoms with van der Waals surface area (Å²) in [6, 6.07) is 0. The maximum absolute atomic E-state index is 13.6. The molecule has 0 amide bonds. The summed E-state index contributed by atoms with van der Waals surface area (Å²) in [6.45, 7) is 7.14. The van der Waals surface area contributed by atoms with Gasteiger partial charge in [-0.2, -0.15) is 0 Å². The van der Waals surface area contributed by atoms with Crippen molar-refractivity contribution < 1.29 is 18.3 Å². The fraction of sp³-hybridized carbons (Fsp3) is 0.533. The quantitative estimate of drug-likeness (QED) is 0.796. The molecule has 0 spiro atoms. The standard InChI is InChI=1S/C15H20F2N2O2/c1-9(14(3,4)15(5,16)17)7-11-10(2)19-12(8-18-11)13(20)21-6/h7-8H,1-6H3/b9-7+. The van der Waals surface area contributed by atoms with E-state index in [-0.39, 0.29) is 5.69 Å². The number of ether oxygens (including phenoxy) is 1. The zero-order valence-corrected chi connectivity index (χ0v) is 13.1. The predicted molar refractivity (Wildman–Crippen MR) is 76.2 cm³/mol. The fourth-order valence-corrected chi connectivity index (χ4v) is 1.57. The lowest BCUT2D eigenvalue weighted by molar-refractivity contribution is -0.0685. The highest BCUT2D eigenvalue weighted by atomic mass is 19.3. The van der Waals surface area contributed by atoms with E-state index in [1.165, 1.54) is 27.2 Å². The molecule has 0 saturated heterocycles. The van der Waals surface area contributed by atoms with Gasteiger partial charge < -0.3 is 4.74 Å². The number of halogens is 2. The van der Waals surface area contributed by atoms with Crippen LogP contribution >= 0.6 is 0 Å². The van der Waals surface area contributed by atoms with E-state index in [0.29, 0.717) is 17.0 Å². The number of hydrogen-bond donors (Lipinski definition) is 0. The predicted octanol–water partition coefficient (Wildman–Crippen LogP) is 3.66. The normalized spacial score (nSPS) is 13.2. The Morgan fingerprint density at radius 2 is 1.90 bits per heavy atom. The van der Waals surface area contributed by atoms with Crippen LogP contribution in [0.4, 0.5) is 8.78 Å². The number of rotatable bonds is 4. The number of alkyl halides is 2. The Morgan fingerprint density at radius 1 is 1.33 bits per heavy atom. The van der Waals surface area contributed by atoms with E-state index in [0.717, 1.165) is 6.92 Å². The van der Waals surface area contributed by atoms with E-state index < -0.39 is 17.3 Å². The first-order chi connectivity index (χ1) is 9.50. The van der Waals surface area contributed by atoms with Crippen LogP contribution in [-0.2, 0) is 4.74 Å². The van der Waals surface area contributed by atoms with Gasteiger partial charge >= 0.3 is 5.97 Å². The third-order valence-electron chi connectivity index (χ3n) is 3.82. The van der Waals surface area contributed by atoms with Gasteiger partial charge in [-0.05, 0) is 19.9 Å². The van der Waals surface area contributed by atoms with Gasteiger partial charge in [0.25, 0.3) is 5.92 Å². The zero-order chi connectivity index (χ0) is 16.4. The molecule has 1 heterocycles. The first-order valence-corrected chi connectivity index (χ1v) is 6.49. The van der Waals surface area contributed by atoms with Crippen LogP contribution in [0.3, 0.4) is 0 Å². The lowest BCUT2D eigenvalue weighted by atomic mass is 9.79. The summed E-state index contributed by atoms with van der Waals surface area (Å²) < 4.78 is 31.8. The Kier molecular flexibility index (Phi) is 4.81. The Bertz CT molecular complexity index is 576. The highest BCUT2D eigenvalue weighted by molar-refractivity contribution is 5.86. The summed E-state index contributed by atoms with van der Waals surface area (Å²) >= 11 is 0. The van der Waals surface area contributed by atoms with E-state index >= 15 is 0 Å². The fourth-order valence-electron chi connectivity index (χ4n) is 1.57. The van der Waals surface area contributed by atoms with Gasteiger partial charge in [-0.3, -0.25) is 4.98 Å². The van der Waals surface area contributed by atoms with Crippen LogP contribution in [0.15, 0.2) is 11.8 Å². The number of aryl methyl sites for hydroxylation is 1. The number of carbonyl (C=O) groups excluding carboxylic acids is 1. The summed E-state index contributed by atoms with van der Waals surface area (Å²) in [5.41, 5.74) is 0.204. The number of nitrogens with zero attached hydrogens (tertiary/aromatic N) is 2. The highest BCUT2D eigenvalue weighted by Crippen LogP contribution is 2.42. The average molecular weight is 298 g/mol. The van der Waals surface area contributed by atoms with Crippen LogP contribution in [0.1, 0.15) is 49.6 Å². The summed E-state index contributed by atoms with van der Waals surface area (Å²) in [6.07, 6.45) is 2.84. The summed E-state index contributed by atoms with van der Waals surface area (Å²) in [7, 11) is 1.25. The van der Waals surface area contributed by atoms with Gasteiger partial charge in [0, 0.05) is 12.3 Å². The number of allylic oxidation sites excluding steroid dienone is 1.